The standard InChI is InChI=1S/C16H15NO4/c1-20-14-4-3-12(10-15(14)21-2)13(16(18)19)9-11-5-7-17-8-6-11/h3-10H,1-2H3,(H,18,19)/b13-9-. The van der Waals surface area contributed by atoms with Crippen molar-refractivity contribution in [2.75, 3.05) is 14.2 Å². The van der Waals surface area contributed by atoms with Gasteiger partial charge in [-0.05, 0) is 41.5 Å². The lowest BCUT2D eigenvalue weighted by Crippen LogP contribution is -2.01. The van der Waals surface area contributed by atoms with Gasteiger partial charge in [0.1, 0.15) is 0 Å². The molecule has 1 aromatic heterocycles. The molecule has 0 unspecified atom stereocenters. The molecule has 2 aromatic rings. The van der Waals surface area contributed by atoms with Crippen LogP contribution >= 0.6 is 0 Å². The highest BCUT2D eigenvalue weighted by Gasteiger charge is 2.13. The topological polar surface area (TPSA) is 68.7 Å². The molecule has 1 N–H and O–H groups in total. The Morgan fingerprint density at radius 2 is 1.76 bits per heavy atom. The van der Waals surface area contributed by atoms with Crippen LogP contribution in [0.25, 0.3) is 11.6 Å². The van der Waals surface area contributed by atoms with Crippen molar-refractivity contribution in [1.29, 1.82) is 0 Å². The Hall–Kier alpha value is -2.82. The van der Waals surface area contributed by atoms with Crippen LogP contribution in [0.4, 0.5) is 0 Å². The molecule has 5 nitrogen and oxygen atoms in total. The van der Waals surface area contributed by atoms with E-state index >= 15 is 0 Å². The zero-order valence-electron chi connectivity index (χ0n) is 11.7. The van der Waals surface area contributed by atoms with Crippen LogP contribution in [0, 0.1) is 0 Å². The van der Waals surface area contributed by atoms with Gasteiger partial charge in [0.05, 0.1) is 19.8 Å². The molecule has 0 amide bonds. The molecule has 1 heterocycles. The van der Waals surface area contributed by atoms with Crippen LogP contribution in [-0.4, -0.2) is 30.3 Å². The highest BCUT2D eigenvalue weighted by atomic mass is 16.5. The summed E-state index contributed by atoms with van der Waals surface area (Å²) >= 11 is 0. The van der Waals surface area contributed by atoms with Crippen molar-refractivity contribution >= 4 is 17.6 Å². The fourth-order valence-electron chi connectivity index (χ4n) is 1.90. The van der Waals surface area contributed by atoms with Crippen LogP contribution in [0.15, 0.2) is 42.7 Å². The average molecular weight is 285 g/mol. The van der Waals surface area contributed by atoms with E-state index in [0.29, 0.717) is 17.1 Å². The van der Waals surface area contributed by atoms with E-state index in [9.17, 15) is 9.90 Å². The number of rotatable bonds is 5. The first-order valence-electron chi connectivity index (χ1n) is 6.23. The number of aliphatic carboxylic acids is 1. The Bertz CT molecular complexity index is 665. The van der Waals surface area contributed by atoms with E-state index in [1.807, 2.05) is 0 Å². The number of nitrogens with zero attached hydrogens (tertiary/aromatic N) is 1. The maximum absolute atomic E-state index is 11.5. The third-order valence-corrected chi connectivity index (χ3v) is 2.94. The lowest BCUT2D eigenvalue weighted by molar-refractivity contribution is -0.130. The number of carboxylic acids is 1. The fourth-order valence-corrected chi connectivity index (χ4v) is 1.90. The molecule has 21 heavy (non-hydrogen) atoms. The first-order valence-corrected chi connectivity index (χ1v) is 6.23. The van der Waals surface area contributed by atoms with Gasteiger partial charge < -0.3 is 14.6 Å². The Balaban J connectivity index is 2.49. The van der Waals surface area contributed by atoms with Gasteiger partial charge in [-0.25, -0.2) is 4.79 Å². The minimum absolute atomic E-state index is 0.169. The summed E-state index contributed by atoms with van der Waals surface area (Å²) in [5.74, 6) is 0.0193. The first-order chi connectivity index (χ1) is 10.2. The highest BCUT2D eigenvalue weighted by molar-refractivity contribution is 6.20. The van der Waals surface area contributed by atoms with E-state index in [0.717, 1.165) is 5.56 Å². The molecule has 2 rings (SSSR count). The number of hydrogen-bond donors (Lipinski definition) is 1. The van der Waals surface area contributed by atoms with E-state index in [-0.39, 0.29) is 5.57 Å². The molecule has 0 fully saturated rings. The van der Waals surface area contributed by atoms with E-state index in [1.54, 1.807) is 48.8 Å². The van der Waals surface area contributed by atoms with Crippen molar-refractivity contribution in [1.82, 2.24) is 4.98 Å². The van der Waals surface area contributed by atoms with Crippen molar-refractivity contribution in [2.45, 2.75) is 0 Å². The number of methoxy groups -OCH3 is 2. The second kappa shape index (κ2) is 6.56. The van der Waals surface area contributed by atoms with Crippen LogP contribution in [0.3, 0.4) is 0 Å². The zero-order chi connectivity index (χ0) is 15.2. The number of benzene rings is 1. The maximum atomic E-state index is 11.5. The first kappa shape index (κ1) is 14.6. The van der Waals surface area contributed by atoms with Crippen LogP contribution in [0.2, 0.25) is 0 Å². The Morgan fingerprint density at radius 3 is 2.33 bits per heavy atom. The number of aromatic nitrogens is 1. The molecular weight excluding hydrogens is 270 g/mol. The SMILES string of the molecule is COc1ccc(/C(=C/c2ccncc2)C(=O)O)cc1OC. The van der Waals surface area contributed by atoms with Crippen LogP contribution < -0.4 is 9.47 Å². The van der Waals surface area contributed by atoms with E-state index in [1.165, 1.54) is 14.2 Å². The van der Waals surface area contributed by atoms with Gasteiger partial charge in [0.2, 0.25) is 0 Å². The van der Waals surface area contributed by atoms with E-state index < -0.39 is 5.97 Å². The Labute approximate surface area is 122 Å². The molecule has 0 aliphatic rings. The summed E-state index contributed by atoms with van der Waals surface area (Å²) in [6.45, 7) is 0. The molecule has 0 bridgehead atoms. The minimum Gasteiger partial charge on any atom is -0.493 e. The van der Waals surface area contributed by atoms with Crippen LogP contribution in [-0.2, 0) is 4.79 Å². The van der Waals surface area contributed by atoms with Crippen LogP contribution in [0.1, 0.15) is 11.1 Å². The van der Waals surface area contributed by atoms with Gasteiger partial charge in [0.25, 0.3) is 0 Å². The van der Waals surface area contributed by atoms with Gasteiger partial charge >= 0.3 is 5.97 Å². The summed E-state index contributed by atoms with van der Waals surface area (Å²) < 4.78 is 10.4. The number of carboxylic acid groups (broad SMARTS) is 1. The molecule has 0 aliphatic heterocycles. The van der Waals surface area contributed by atoms with Crippen molar-refractivity contribution in [2.24, 2.45) is 0 Å². The second-order valence-electron chi connectivity index (χ2n) is 4.21. The summed E-state index contributed by atoms with van der Waals surface area (Å²) in [4.78, 5) is 15.4. The van der Waals surface area contributed by atoms with Crippen molar-refractivity contribution in [3.05, 3.63) is 53.9 Å². The minimum atomic E-state index is -1.01. The van der Waals surface area contributed by atoms with Gasteiger partial charge in [-0.1, -0.05) is 6.07 Å². The van der Waals surface area contributed by atoms with Gasteiger partial charge in [0.15, 0.2) is 11.5 Å². The fraction of sp³-hybridized carbons (Fsp3) is 0.125. The normalized spacial score (nSPS) is 11.0. The van der Waals surface area contributed by atoms with Crippen molar-refractivity contribution < 1.29 is 19.4 Å². The van der Waals surface area contributed by atoms with Crippen molar-refractivity contribution in [3.63, 3.8) is 0 Å². The smallest absolute Gasteiger partial charge is 0.336 e. The largest absolute Gasteiger partial charge is 0.493 e. The average Bonchev–Trinajstić information content (AvgIpc) is 2.52. The molecule has 0 radical (unpaired) electrons. The third kappa shape index (κ3) is 3.39. The third-order valence-electron chi connectivity index (χ3n) is 2.94. The van der Waals surface area contributed by atoms with Gasteiger partial charge in [-0.15, -0.1) is 0 Å². The molecule has 0 saturated carbocycles. The Morgan fingerprint density at radius 1 is 1.10 bits per heavy atom. The Kier molecular flexibility index (Phi) is 4.56. The predicted octanol–water partition coefficient (Wildman–Crippen LogP) is 2.72. The summed E-state index contributed by atoms with van der Waals surface area (Å²) in [5.41, 5.74) is 1.47. The van der Waals surface area contributed by atoms with E-state index in [2.05, 4.69) is 4.98 Å². The molecule has 0 saturated heterocycles. The quantitative estimate of drug-likeness (QED) is 0.855. The molecule has 0 spiro atoms. The number of hydrogen-bond acceptors (Lipinski definition) is 4. The summed E-state index contributed by atoms with van der Waals surface area (Å²) in [6, 6.07) is 8.48. The van der Waals surface area contributed by atoms with Crippen LogP contribution in [0.5, 0.6) is 11.5 Å². The predicted molar refractivity (Wildman–Crippen MR) is 79.3 cm³/mol. The molecule has 1 aromatic carbocycles. The molecule has 0 aliphatic carbocycles. The van der Waals surface area contributed by atoms with E-state index in [4.69, 9.17) is 9.47 Å². The monoisotopic (exact) mass is 285 g/mol. The number of carbonyl (C=O) groups is 1. The number of ether oxygens (including phenoxy) is 2. The molecule has 108 valence electrons. The van der Waals surface area contributed by atoms with Crippen molar-refractivity contribution in [3.8, 4) is 11.5 Å². The van der Waals surface area contributed by atoms with Gasteiger partial charge in [-0.2, -0.15) is 0 Å². The maximum Gasteiger partial charge on any atom is 0.336 e. The number of pyridine rings is 1. The molecule has 5 heteroatoms. The highest BCUT2D eigenvalue weighted by Crippen LogP contribution is 2.31. The second-order valence-corrected chi connectivity index (χ2v) is 4.21. The lowest BCUT2D eigenvalue weighted by atomic mass is 10.0. The molecular formula is C16H15NO4. The van der Waals surface area contributed by atoms with Gasteiger partial charge in [0, 0.05) is 12.4 Å². The molecule has 0 atom stereocenters. The summed E-state index contributed by atoms with van der Waals surface area (Å²) in [5, 5.41) is 9.42. The zero-order valence-corrected chi connectivity index (χ0v) is 11.7. The lowest BCUT2D eigenvalue weighted by Gasteiger charge is -2.10. The summed E-state index contributed by atoms with van der Waals surface area (Å²) in [6.07, 6.45) is 4.81. The van der Waals surface area contributed by atoms with Gasteiger partial charge in [-0.3, -0.25) is 4.98 Å². The summed E-state index contributed by atoms with van der Waals surface area (Å²) in [7, 11) is 3.04.